The number of phenolic OH excluding ortho intramolecular Hbond substituents is 1. The summed E-state index contributed by atoms with van der Waals surface area (Å²) in [6.45, 7) is 4.34. The number of piperazine rings is 1. The van der Waals surface area contributed by atoms with Crippen LogP contribution in [0.25, 0.3) is 0 Å². The van der Waals surface area contributed by atoms with E-state index in [0.29, 0.717) is 11.7 Å². The number of halogens is 1. The highest BCUT2D eigenvalue weighted by atomic mass is 127. The summed E-state index contributed by atoms with van der Waals surface area (Å²) in [5.74, 6) is 0.942. The number of aromatic hydroxyl groups is 1. The van der Waals surface area contributed by atoms with Gasteiger partial charge in [0.1, 0.15) is 5.75 Å². The Morgan fingerprint density at radius 3 is 2.56 bits per heavy atom. The molecule has 1 aromatic heterocycles. The second-order valence-electron chi connectivity index (χ2n) is 5.80. The highest BCUT2D eigenvalue weighted by Gasteiger charge is 2.19. The van der Waals surface area contributed by atoms with Crippen LogP contribution in [-0.4, -0.2) is 53.7 Å². The zero-order valence-corrected chi connectivity index (χ0v) is 17.2. The maximum absolute atomic E-state index is 9.27. The average molecular weight is 473 g/mol. The first-order chi connectivity index (χ1) is 11.7. The number of hydrogen-bond donors (Lipinski definition) is 2. The van der Waals surface area contributed by atoms with Crippen molar-refractivity contribution < 1.29 is 5.11 Å². The van der Waals surface area contributed by atoms with Crippen molar-refractivity contribution in [3.05, 3.63) is 41.4 Å². The molecule has 1 fully saturated rings. The number of nitrogens with zero attached hydrogens (tertiary/aromatic N) is 4. The van der Waals surface area contributed by atoms with E-state index < -0.39 is 0 Å². The fraction of sp³-hybridized carbons (Fsp3) is 0.412. The normalized spacial score (nSPS) is 15.1. The zero-order chi connectivity index (χ0) is 16.8. The van der Waals surface area contributed by atoms with E-state index in [0.717, 1.165) is 50.7 Å². The molecule has 25 heavy (non-hydrogen) atoms. The van der Waals surface area contributed by atoms with Gasteiger partial charge in [-0.1, -0.05) is 12.1 Å². The van der Waals surface area contributed by atoms with E-state index in [1.54, 1.807) is 23.5 Å². The van der Waals surface area contributed by atoms with E-state index in [9.17, 15) is 5.11 Å². The van der Waals surface area contributed by atoms with Crippen LogP contribution in [0.2, 0.25) is 0 Å². The lowest BCUT2D eigenvalue weighted by Gasteiger charge is -2.35. The fourth-order valence-electron chi connectivity index (χ4n) is 2.74. The summed E-state index contributed by atoms with van der Waals surface area (Å²) < 4.78 is 0. The predicted octanol–water partition coefficient (Wildman–Crippen LogP) is 2.54. The molecule has 2 aromatic rings. The third-order valence-corrected chi connectivity index (χ3v) is 4.96. The van der Waals surface area contributed by atoms with Crippen molar-refractivity contribution in [2.45, 2.75) is 12.8 Å². The van der Waals surface area contributed by atoms with Gasteiger partial charge in [-0.05, 0) is 30.5 Å². The molecule has 0 unspecified atom stereocenters. The van der Waals surface area contributed by atoms with E-state index >= 15 is 0 Å². The third-order valence-electron chi connectivity index (χ3n) is 4.13. The Morgan fingerprint density at radius 2 is 1.92 bits per heavy atom. The molecule has 0 spiro atoms. The largest absolute Gasteiger partial charge is 0.508 e. The van der Waals surface area contributed by atoms with Crippen molar-refractivity contribution in [3.8, 4) is 5.75 Å². The lowest BCUT2D eigenvalue weighted by molar-refractivity contribution is 0.380. The summed E-state index contributed by atoms with van der Waals surface area (Å²) >= 11 is 1.67. The number of aryl methyl sites for hydroxylation is 1. The van der Waals surface area contributed by atoms with Gasteiger partial charge in [-0.15, -0.1) is 35.3 Å². The van der Waals surface area contributed by atoms with Gasteiger partial charge in [-0.25, -0.2) is 4.98 Å². The summed E-state index contributed by atoms with van der Waals surface area (Å²) in [5.41, 5.74) is 7.33. The van der Waals surface area contributed by atoms with Crippen LogP contribution in [0.5, 0.6) is 5.75 Å². The SMILES string of the molecule is I.NC(=NCCCc1ccc(O)cc1)N1CCN(c2nccs2)CC1. The Morgan fingerprint density at radius 1 is 1.20 bits per heavy atom. The van der Waals surface area contributed by atoms with Crippen LogP contribution in [0.4, 0.5) is 5.13 Å². The molecule has 1 aliphatic rings. The average Bonchev–Trinajstić information content (AvgIpc) is 3.15. The zero-order valence-electron chi connectivity index (χ0n) is 14.0. The Kier molecular flexibility index (Phi) is 7.76. The molecule has 0 bridgehead atoms. The Labute approximate surface area is 169 Å². The summed E-state index contributed by atoms with van der Waals surface area (Å²) in [6.07, 6.45) is 3.73. The number of rotatable bonds is 5. The van der Waals surface area contributed by atoms with Crippen LogP contribution in [0.15, 0.2) is 40.8 Å². The lowest BCUT2D eigenvalue weighted by atomic mass is 10.1. The van der Waals surface area contributed by atoms with Gasteiger partial charge in [-0.2, -0.15) is 0 Å². The monoisotopic (exact) mass is 473 g/mol. The van der Waals surface area contributed by atoms with Crippen LogP contribution in [-0.2, 0) is 6.42 Å². The third kappa shape index (κ3) is 5.74. The molecule has 2 heterocycles. The first-order valence-corrected chi connectivity index (χ1v) is 9.07. The molecule has 3 rings (SSSR count). The number of nitrogens with two attached hydrogens (primary N) is 1. The molecule has 1 saturated heterocycles. The van der Waals surface area contributed by atoms with E-state index in [1.165, 1.54) is 5.56 Å². The minimum atomic E-state index is 0. The molecular weight excluding hydrogens is 449 g/mol. The smallest absolute Gasteiger partial charge is 0.191 e. The number of phenols is 1. The van der Waals surface area contributed by atoms with Crippen LogP contribution < -0.4 is 10.6 Å². The van der Waals surface area contributed by atoms with Gasteiger partial charge < -0.3 is 20.6 Å². The van der Waals surface area contributed by atoms with Gasteiger partial charge in [0.2, 0.25) is 0 Å². The van der Waals surface area contributed by atoms with Crippen molar-refractivity contribution in [1.29, 1.82) is 0 Å². The molecule has 0 saturated carbocycles. The van der Waals surface area contributed by atoms with Crippen LogP contribution in [0, 0.1) is 0 Å². The summed E-state index contributed by atoms with van der Waals surface area (Å²) in [4.78, 5) is 13.3. The summed E-state index contributed by atoms with van der Waals surface area (Å²) in [5, 5.41) is 12.4. The molecule has 0 radical (unpaired) electrons. The van der Waals surface area contributed by atoms with Gasteiger partial charge in [0.25, 0.3) is 0 Å². The summed E-state index contributed by atoms with van der Waals surface area (Å²) in [6, 6.07) is 7.32. The van der Waals surface area contributed by atoms with E-state index in [-0.39, 0.29) is 24.0 Å². The molecular formula is C17H24IN5OS. The molecule has 8 heteroatoms. The Bertz CT molecular complexity index is 654. The van der Waals surface area contributed by atoms with Crippen molar-refractivity contribution in [2.24, 2.45) is 10.7 Å². The molecule has 136 valence electrons. The van der Waals surface area contributed by atoms with Gasteiger partial charge in [0, 0.05) is 44.3 Å². The maximum atomic E-state index is 9.27. The molecule has 3 N–H and O–H groups in total. The maximum Gasteiger partial charge on any atom is 0.191 e. The molecule has 0 amide bonds. The van der Waals surface area contributed by atoms with Crippen molar-refractivity contribution in [3.63, 3.8) is 0 Å². The Hall–Kier alpha value is -1.55. The quantitative estimate of drug-likeness (QED) is 0.302. The van der Waals surface area contributed by atoms with Gasteiger partial charge in [0.05, 0.1) is 0 Å². The Balaban J connectivity index is 0.00000225. The van der Waals surface area contributed by atoms with Gasteiger partial charge in [0.15, 0.2) is 11.1 Å². The minimum Gasteiger partial charge on any atom is -0.508 e. The van der Waals surface area contributed by atoms with E-state index in [4.69, 9.17) is 5.73 Å². The number of thiazole rings is 1. The van der Waals surface area contributed by atoms with Crippen LogP contribution in [0.3, 0.4) is 0 Å². The summed E-state index contributed by atoms with van der Waals surface area (Å²) in [7, 11) is 0. The first-order valence-electron chi connectivity index (χ1n) is 8.19. The highest BCUT2D eigenvalue weighted by molar-refractivity contribution is 14.0. The number of aromatic nitrogens is 1. The second-order valence-corrected chi connectivity index (χ2v) is 6.67. The number of benzene rings is 1. The van der Waals surface area contributed by atoms with E-state index in [1.807, 2.05) is 23.7 Å². The topological polar surface area (TPSA) is 78.0 Å². The van der Waals surface area contributed by atoms with E-state index in [2.05, 4.69) is 19.8 Å². The highest BCUT2D eigenvalue weighted by Crippen LogP contribution is 2.18. The fourth-order valence-corrected chi connectivity index (χ4v) is 3.44. The molecule has 1 aromatic carbocycles. The number of hydrogen-bond acceptors (Lipinski definition) is 5. The minimum absolute atomic E-state index is 0. The van der Waals surface area contributed by atoms with Gasteiger partial charge >= 0.3 is 0 Å². The number of anilines is 1. The van der Waals surface area contributed by atoms with Crippen molar-refractivity contribution in [1.82, 2.24) is 9.88 Å². The standard InChI is InChI=1S/C17H23N5OS.HI/c18-16(19-7-1-2-14-3-5-15(23)6-4-14)21-9-11-22(12-10-21)17-20-8-13-24-17;/h3-6,8,13,23H,1-2,7,9-12H2,(H2,18,19);1H. The van der Waals surface area contributed by atoms with Crippen molar-refractivity contribution in [2.75, 3.05) is 37.6 Å². The predicted molar refractivity (Wildman–Crippen MR) is 114 cm³/mol. The van der Waals surface area contributed by atoms with Crippen LogP contribution >= 0.6 is 35.3 Å². The van der Waals surface area contributed by atoms with Crippen LogP contribution in [0.1, 0.15) is 12.0 Å². The molecule has 6 nitrogen and oxygen atoms in total. The van der Waals surface area contributed by atoms with Crippen molar-refractivity contribution >= 4 is 46.4 Å². The first kappa shape index (κ1) is 19.8. The lowest BCUT2D eigenvalue weighted by Crippen LogP contribution is -2.51. The van der Waals surface area contributed by atoms with Gasteiger partial charge in [-0.3, -0.25) is 4.99 Å². The molecule has 1 aliphatic heterocycles. The second kappa shape index (κ2) is 9.81. The molecule has 0 atom stereocenters. The number of guanidine groups is 1. The molecule has 0 aliphatic carbocycles. The number of aliphatic imine (C=N–C) groups is 1.